The van der Waals surface area contributed by atoms with Gasteiger partial charge in [-0.3, -0.25) is 4.90 Å². The maximum absolute atomic E-state index is 4.73. The van der Waals surface area contributed by atoms with Crippen LogP contribution in [0.2, 0.25) is 0 Å². The van der Waals surface area contributed by atoms with Crippen LogP contribution in [0.15, 0.2) is 41.0 Å². The van der Waals surface area contributed by atoms with Crippen LogP contribution < -0.4 is 10.6 Å². The molecular formula is C18H20BrN5S. The van der Waals surface area contributed by atoms with Gasteiger partial charge in [0.1, 0.15) is 5.69 Å². The lowest BCUT2D eigenvalue weighted by molar-refractivity contribution is 0.249. The van der Waals surface area contributed by atoms with Crippen LogP contribution in [0.5, 0.6) is 0 Å². The Morgan fingerprint density at radius 3 is 2.92 bits per heavy atom. The lowest BCUT2D eigenvalue weighted by Gasteiger charge is -2.27. The minimum absolute atomic E-state index is 0.686. The number of hydrogen-bond donors (Lipinski definition) is 2. The minimum atomic E-state index is 0.686. The number of hydrogen-bond acceptors (Lipinski definition) is 6. The normalized spacial score (nSPS) is 15.6. The third-order valence-corrected chi connectivity index (χ3v) is 6.03. The molecule has 0 unspecified atom stereocenters. The highest BCUT2D eigenvalue weighted by atomic mass is 79.9. The van der Waals surface area contributed by atoms with Gasteiger partial charge in [0, 0.05) is 50.2 Å². The van der Waals surface area contributed by atoms with Gasteiger partial charge in [0.05, 0.1) is 9.35 Å². The molecular weight excluding hydrogens is 398 g/mol. The molecule has 1 fully saturated rings. The second kappa shape index (κ2) is 7.78. The fourth-order valence-corrected chi connectivity index (χ4v) is 4.59. The largest absolute Gasteiger partial charge is 0.353 e. The Kier molecular flexibility index (Phi) is 5.26. The Hall–Kier alpha value is -1.54. The number of thiophene rings is 1. The molecule has 5 nitrogen and oxygen atoms in total. The molecule has 2 aromatic heterocycles. The molecule has 4 rings (SSSR count). The molecule has 0 atom stereocenters. The number of fused-ring (bicyclic) bond motifs is 1. The summed E-state index contributed by atoms with van der Waals surface area (Å²) < 4.78 is 2.20. The number of benzene rings is 1. The van der Waals surface area contributed by atoms with Gasteiger partial charge in [-0.25, -0.2) is 9.97 Å². The van der Waals surface area contributed by atoms with E-state index in [-0.39, 0.29) is 0 Å². The summed E-state index contributed by atoms with van der Waals surface area (Å²) >= 11 is 5.35. The first-order valence-corrected chi connectivity index (χ1v) is 10.1. The second-order valence-corrected chi connectivity index (χ2v) is 8.00. The van der Waals surface area contributed by atoms with E-state index in [2.05, 4.69) is 66.8 Å². The summed E-state index contributed by atoms with van der Waals surface area (Å²) in [5.41, 5.74) is 0.945. The van der Waals surface area contributed by atoms with Gasteiger partial charge in [0.15, 0.2) is 0 Å². The highest BCUT2D eigenvalue weighted by molar-refractivity contribution is 9.10. The standard InChI is InChI=1S/C18H20BrN5S/c19-14-12-22-18(21-7-10-24-8-5-20-6-9-24)23-17(14)16-11-13-3-1-2-4-15(13)25-16/h1-4,11-12,20H,5-10H2,(H,21,22,23). The third-order valence-electron chi connectivity index (χ3n) is 4.32. The lowest BCUT2D eigenvalue weighted by Crippen LogP contribution is -2.45. The van der Waals surface area contributed by atoms with Gasteiger partial charge in [-0.1, -0.05) is 18.2 Å². The minimum Gasteiger partial charge on any atom is -0.353 e. The molecule has 3 aromatic rings. The number of nitrogens with one attached hydrogen (secondary N) is 2. The molecule has 1 saturated heterocycles. The van der Waals surface area contributed by atoms with Gasteiger partial charge in [0.25, 0.3) is 0 Å². The van der Waals surface area contributed by atoms with Crippen LogP contribution in [0.3, 0.4) is 0 Å². The Balaban J connectivity index is 1.48. The molecule has 130 valence electrons. The van der Waals surface area contributed by atoms with Crippen molar-refractivity contribution >= 4 is 43.3 Å². The molecule has 1 aromatic carbocycles. The number of aromatic nitrogens is 2. The smallest absolute Gasteiger partial charge is 0.223 e. The van der Waals surface area contributed by atoms with Gasteiger partial charge in [-0.15, -0.1) is 11.3 Å². The Labute approximate surface area is 159 Å². The van der Waals surface area contributed by atoms with Crippen molar-refractivity contribution in [3.63, 3.8) is 0 Å². The van der Waals surface area contributed by atoms with E-state index < -0.39 is 0 Å². The first-order chi connectivity index (χ1) is 12.3. The first-order valence-electron chi connectivity index (χ1n) is 8.48. The summed E-state index contributed by atoms with van der Waals surface area (Å²) in [6, 6.07) is 10.6. The van der Waals surface area contributed by atoms with E-state index in [9.17, 15) is 0 Å². The maximum atomic E-state index is 4.73. The number of piperazine rings is 1. The predicted molar refractivity (Wildman–Crippen MR) is 108 cm³/mol. The van der Waals surface area contributed by atoms with Crippen molar-refractivity contribution < 1.29 is 0 Å². The first kappa shape index (κ1) is 16.9. The van der Waals surface area contributed by atoms with Gasteiger partial charge in [0.2, 0.25) is 5.95 Å². The Morgan fingerprint density at radius 2 is 2.08 bits per heavy atom. The maximum Gasteiger partial charge on any atom is 0.223 e. The topological polar surface area (TPSA) is 53.1 Å². The molecule has 25 heavy (non-hydrogen) atoms. The summed E-state index contributed by atoms with van der Waals surface area (Å²) in [6.45, 7) is 6.23. The fourth-order valence-electron chi connectivity index (χ4n) is 2.98. The van der Waals surface area contributed by atoms with Crippen LogP contribution in [0, 0.1) is 0 Å². The molecule has 2 N–H and O–H groups in total. The number of anilines is 1. The fraction of sp³-hybridized carbons (Fsp3) is 0.333. The van der Waals surface area contributed by atoms with Crippen molar-refractivity contribution in [2.45, 2.75) is 0 Å². The highest BCUT2D eigenvalue weighted by Crippen LogP contribution is 2.36. The summed E-state index contributed by atoms with van der Waals surface area (Å²) in [7, 11) is 0. The molecule has 7 heteroatoms. The van der Waals surface area contributed by atoms with Crippen molar-refractivity contribution in [1.29, 1.82) is 0 Å². The van der Waals surface area contributed by atoms with E-state index in [0.717, 1.165) is 54.3 Å². The van der Waals surface area contributed by atoms with E-state index in [1.807, 2.05) is 6.20 Å². The van der Waals surface area contributed by atoms with Crippen LogP contribution in [-0.4, -0.2) is 54.1 Å². The average molecular weight is 418 g/mol. The molecule has 0 radical (unpaired) electrons. The SMILES string of the molecule is Brc1cnc(NCCN2CCNCC2)nc1-c1cc2ccccc2s1. The molecule has 1 aliphatic heterocycles. The quantitative estimate of drug-likeness (QED) is 0.665. The molecule has 0 aliphatic carbocycles. The monoisotopic (exact) mass is 417 g/mol. The van der Waals surface area contributed by atoms with Crippen molar-refractivity contribution in [2.24, 2.45) is 0 Å². The van der Waals surface area contributed by atoms with Crippen LogP contribution >= 0.6 is 27.3 Å². The van der Waals surface area contributed by atoms with Crippen molar-refractivity contribution in [2.75, 3.05) is 44.6 Å². The zero-order valence-corrected chi connectivity index (χ0v) is 16.2. The van der Waals surface area contributed by atoms with Crippen LogP contribution in [0.1, 0.15) is 0 Å². The van der Waals surface area contributed by atoms with Crippen LogP contribution in [0.4, 0.5) is 5.95 Å². The van der Waals surface area contributed by atoms with Gasteiger partial charge in [-0.2, -0.15) is 0 Å². The van der Waals surface area contributed by atoms with Crippen molar-refractivity contribution in [3.05, 3.63) is 41.0 Å². The van der Waals surface area contributed by atoms with Gasteiger partial charge in [-0.05, 0) is 33.4 Å². The summed E-state index contributed by atoms with van der Waals surface area (Å²) in [5.74, 6) is 0.686. The van der Waals surface area contributed by atoms with Crippen molar-refractivity contribution in [3.8, 4) is 10.6 Å². The number of halogens is 1. The third kappa shape index (κ3) is 4.00. The average Bonchev–Trinajstić information content (AvgIpc) is 3.08. The molecule has 0 spiro atoms. The molecule has 0 bridgehead atoms. The van der Waals surface area contributed by atoms with Crippen molar-refractivity contribution in [1.82, 2.24) is 20.2 Å². The number of nitrogens with zero attached hydrogens (tertiary/aromatic N) is 3. The Bertz CT molecular complexity index is 827. The molecule has 0 amide bonds. The van der Waals surface area contributed by atoms with E-state index in [1.54, 1.807) is 11.3 Å². The molecule has 0 saturated carbocycles. The zero-order valence-electron chi connectivity index (χ0n) is 13.8. The van der Waals surface area contributed by atoms with E-state index >= 15 is 0 Å². The zero-order chi connectivity index (χ0) is 17.1. The summed E-state index contributed by atoms with van der Waals surface area (Å²) in [6.07, 6.45) is 1.83. The van der Waals surface area contributed by atoms with E-state index in [0.29, 0.717) is 5.95 Å². The highest BCUT2D eigenvalue weighted by Gasteiger charge is 2.12. The van der Waals surface area contributed by atoms with E-state index in [4.69, 9.17) is 4.98 Å². The number of rotatable bonds is 5. The summed E-state index contributed by atoms with van der Waals surface area (Å²) in [5, 5.41) is 7.99. The predicted octanol–water partition coefficient (Wildman–Crippen LogP) is 3.44. The lowest BCUT2D eigenvalue weighted by atomic mass is 10.2. The van der Waals surface area contributed by atoms with E-state index in [1.165, 1.54) is 10.1 Å². The Morgan fingerprint density at radius 1 is 1.24 bits per heavy atom. The molecule has 3 heterocycles. The van der Waals surface area contributed by atoms with Crippen LogP contribution in [-0.2, 0) is 0 Å². The second-order valence-electron chi connectivity index (χ2n) is 6.06. The van der Waals surface area contributed by atoms with Crippen LogP contribution in [0.25, 0.3) is 20.7 Å². The molecule has 1 aliphatic rings. The summed E-state index contributed by atoms with van der Waals surface area (Å²) in [4.78, 5) is 12.7. The van der Waals surface area contributed by atoms with Gasteiger partial charge < -0.3 is 10.6 Å². The van der Waals surface area contributed by atoms with Gasteiger partial charge >= 0.3 is 0 Å².